The summed E-state index contributed by atoms with van der Waals surface area (Å²) < 4.78 is 27.6. The van der Waals surface area contributed by atoms with Crippen LogP contribution in [0.25, 0.3) is 11.1 Å². The summed E-state index contributed by atoms with van der Waals surface area (Å²) in [5, 5.41) is 5.03. The minimum Gasteiger partial charge on any atom is -0.439 e. The molecule has 15 heavy (non-hydrogen) atoms. The van der Waals surface area contributed by atoms with E-state index < -0.39 is 10.0 Å². The van der Waals surface area contributed by atoms with Crippen LogP contribution in [0.5, 0.6) is 0 Å². The second-order valence-electron chi connectivity index (χ2n) is 2.96. The molecule has 0 unspecified atom stereocenters. The van der Waals surface area contributed by atoms with E-state index in [9.17, 15) is 8.42 Å². The summed E-state index contributed by atoms with van der Waals surface area (Å²) >= 11 is 0. The number of hydrogen-bond acceptors (Lipinski definition) is 5. The van der Waals surface area contributed by atoms with E-state index in [1.165, 1.54) is 12.1 Å². The molecule has 0 radical (unpaired) electrons. The predicted molar refractivity (Wildman–Crippen MR) is 53.3 cm³/mol. The molecule has 1 aromatic heterocycles. The molecule has 1 heterocycles. The Bertz CT molecular complexity index is 603. The number of fused-ring (bicyclic) bond motifs is 1. The first kappa shape index (κ1) is 10.1. The maximum absolute atomic E-state index is 11.2. The highest BCUT2D eigenvalue weighted by Crippen LogP contribution is 2.22. The number of aromatic nitrogens is 1. The molecule has 0 aliphatic heterocycles. The van der Waals surface area contributed by atoms with Gasteiger partial charge in [0.15, 0.2) is 5.58 Å². The number of para-hydroxylation sites is 1. The van der Waals surface area contributed by atoms with Gasteiger partial charge in [0.05, 0.1) is 6.54 Å². The van der Waals surface area contributed by atoms with Gasteiger partial charge in [0.25, 0.3) is 0 Å². The smallest absolute Gasteiger partial charge is 0.240 e. The zero-order valence-electron chi connectivity index (χ0n) is 7.67. The van der Waals surface area contributed by atoms with E-state index in [1.807, 2.05) is 0 Å². The van der Waals surface area contributed by atoms with Crippen LogP contribution >= 0.6 is 0 Å². The van der Waals surface area contributed by atoms with Crippen molar-refractivity contribution in [1.29, 1.82) is 0 Å². The lowest BCUT2D eigenvalue weighted by molar-refractivity contribution is 0.533. The molecule has 0 saturated heterocycles. The van der Waals surface area contributed by atoms with Crippen molar-refractivity contribution in [1.82, 2.24) is 4.98 Å². The summed E-state index contributed by atoms with van der Waals surface area (Å²) in [4.78, 5) is 3.89. The zero-order chi connectivity index (χ0) is 11.1. The minimum absolute atomic E-state index is 0.0524. The molecule has 80 valence electrons. The van der Waals surface area contributed by atoms with Crippen molar-refractivity contribution < 1.29 is 12.8 Å². The van der Waals surface area contributed by atoms with Crippen molar-refractivity contribution in [2.75, 3.05) is 0 Å². The zero-order valence-corrected chi connectivity index (χ0v) is 8.49. The molecule has 1 aromatic carbocycles. The van der Waals surface area contributed by atoms with Crippen molar-refractivity contribution >= 4 is 21.1 Å². The van der Waals surface area contributed by atoms with E-state index in [2.05, 4.69) is 4.98 Å². The van der Waals surface area contributed by atoms with Gasteiger partial charge in [-0.3, -0.25) is 0 Å². The van der Waals surface area contributed by atoms with Crippen molar-refractivity contribution in [3.05, 3.63) is 24.1 Å². The molecular formula is C8H9N3O3S. The second-order valence-corrected chi connectivity index (χ2v) is 4.49. The number of sulfonamides is 1. The molecule has 7 heteroatoms. The highest BCUT2D eigenvalue weighted by molar-refractivity contribution is 7.89. The number of oxazole rings is 1. The lowest BCUT2D eigenvalue weighted by Crippen LogP contribution is -2.12. The monoisotopic (exact) mass is 227 g/mol. The van der Waals surface area contributed by atoms with Crippen LogP contribution in [0.4, 0.5) is 0 Å². The molecule has 0 saturated carbocycles. The van der Waals surface area contributed by atoms with E-state index in [0.717, 1.165) is 0 Å². The standard InChI is InChI=1S/C8H9N3O3S/c9-4-7-11-8-5(14-7)2-1-3-6(8)15(10,12)13/h1-3H,4,9H2,(H2,10,12,13). The van der Waals surface area contributed by atoms with Crippen LogP contribution in [0.1, 0.15) is 5.89 Å². The molecule has 6 nitrogen and oxygen atoms in total. The number of primary sulfonamides is 1. The third kappa shape index (κ3) is 1.72. The third-order valence-electron chi connectivity index (χ3n) is 1.91. The Morgan fingerprint density at radius 3 is 2.73 bits per heavy atom. The van der Waals surface area contributed by atoms with Crippen LogP contribution in [0.2, 0.25) is 0 Å². The topological polar surface area (TPSA) is 112 Å². The van der Waals surface area contributed by atoms with E-state index in [4.69, 9.17) is 15.3 Å². The largest absolute Gasteiger partial charge is 0.439 e. The van der Waals surface area contributed by atoms with Crippen molar-refractivity contribution in [3.8, 4) is 0 Å². The molecule has 0 atom stereocenters. The van der Waals surface area contributed by atoms with Crippen molar-refractivity contribution in [3.63, 3.8) is 0 Å². The Kier molecular flexibility index (Phi) is 2.22. The molecule has 2 aromatic rings. The highest BCUT2D eigenvalue weighted by atomic mass is 32.2. The molecule has 0 aliphatic carbocycles. The Labute approximate surface area is 85.9 Å². The van der Waals surface area contributed by atoms with Crippen LogP contribution < -0.4 is 10.9 Å². The number of nitrogens with zero attached hydrogens (tertiary/aromatic N) is 1. The Balaban J connectivity index is 2.81. The lowest BCUT2D eigenvalue weighted by atomic mass is 10.3. The lowest BCUT2D eigenvalue weighted by Gasteiger charge is -1.96. The molecule has 0 bridgehead atoms. The fraction of sp³-hybridized carbons (Fsp3) is 0.125. The molecule has 0 aliphatic rings. The Morgan fingerprint density at radius 2 is 2.13 bits per heavy atom. The summed E-state index contributed by atoms with van der Waals surface area (Å²) in [5.74, 6) is 0.279. The quantitative estimate of drug-likeness (QED) is 0.745. The van der Waals surface area contributed by atoms with Crippen LogP contribution in [0.15, 0.2) is 27.5 Å². The van der Waals surface area contributed by atoms with E-state index in [0.29, 0.717) is 5.58 Å². The van der Waals surface area contributed by atoms with Crippen LogP contribution in [0, 0.1) is 0 Å². The first-order valence-electron chi connectivity index (χ1n) is 4.13. The number of benzene rings is 1. The first-order chi connectivity index (χ1) is 7.02. The van der Waals surface area contributed by atoms with Gasteiger partial charge in [-0.1, -0.05) is 6.07 Å². The Hall–Kier alpha value is -1.44. The Morgan fingerprint density at radius 1 is 1.40 bits per heavy atom. The van der Waals surface area contributed by atoms with Gasteiger partial charge in [0, 0.05) is 0 Å². The summed E-state index contributed by atoms with van der Waals surface area (Å²) in [6.45, 7) is 0.110. The van der Waals surface area contributed by atoms with Crippen molar-refractivity contribution in [2.45, 2.75) is 11.4 Å². The highest BCUT2D eigenvalue weighted by Gasteiger charge is 2.16. The minimum atomic E-state index is -3.79. The predicted octanol–water partition coefficient (Wildman–Crippen LogP) is -0.0661. The summed E-state index contributed by atoms with van der Waals surface area (Å²) in [5.41, 5.74) is 5.92. The first-order valence-corrected chi connectivity index (χ1v) is 5.68. The second kappa shape index (κ2) is 3.30. The average molecular weight is 227 g/mol. The molecule has 0 fully saturated rings. The van der Waals surface area contributed by atoms with Gasteiger partial charge in [-0.05, 0) is 12.1 Å². The van der Waals surface area contributed by atoms with Gasteiger partial charge in [0.1, 0.15) is 10.4 Å². The number of hydrogen-bond donors (Lipinski definition) is 2. The van der Waals surface area contributed by atoms with Gasteiger partial charge < -0.3 is 10.2 Å². The van der Waals surface area contributed by atoms with Gasteiger partial charge in [0.2, 0.25) is 15.9 Å². The molecular weight excluding hydrogens is 218 g/mol. The van der Waals surface area contributed by atoms with Crippen LogP contribution in [0.3, 0.4) is 0 Å². The summed E-state index contributed by atoms with van der Waals surface area (Å²) in [6, 6.07) is 4.52. The van der Waals surface area contributed by atoms with Crippen molar-refractivity contribution in [2.24, 2.45) is 10.9 Å². The van der Waals surface area contributed by atoms with E-state index >= 15 is 0 Å². The van der Waals surface area contributed by atoms with Crippen LogP contribution in [-0.2, 0) is 16.6 Å². The number of nitrogens with two attached hydrogens (primary N) is 2. The number of rotatable bonds is 2. The molecule has 0 amide bonds. The SMILES string of the molecule is NCc1nc2c(S(N)(=O)=O)cccc2o1. The fourth-order valence-electron chi connectivity index (χ4n) is 1.29. The third-order valence-corrected chi connectivity index (χ3v) is 2.85. The maximum Gasteiger partial charge on any atom is 0.240 e. The van der Waals surface area contributed by atoms with Gasteiger partial charge in [-0.25, -0.2) is 18.5 Å². The van der Waals surface area contributed by atoms with Crippen LogP contribution in [-0.4, -0.2) is 13.4 Å². The molecule has 2 rings (SSSR count). The molecule has 4 N–H and O–H groups in total. The molecule has 0 spiro atoms. The van der Waals surface area contributed by atoms with E-state index in [1.54, 1.807) is 6.07 Å². The van der Waals surface area contributed by atoms with E-state index in [-0.39, 0.29) is 22.8 Å². The van der Waals surface area contributed by atoms with Gasteiger partial charge in [-0.2, -0.15) is 0 Å². The average Bonchev–Trinajstić information content (AvgIpc) is 2.57. The fourth-order valence-corrected chi connectivity index (χ4v) is 1.97. The normalized spacial score (nSPS) is 12.1. The summed E-state index contributed by atoms with van der Waals surface area (Å²) in [7, 11) is -3.79. The maximum atomic E-state index is 11.2. The van der Waals surface area contributed by atoms with Gasteiger partial charge in [-0.15, -0.1) is 0 Å². The van der Waals surface area contributed by atoms with Gasteiger partial charge >= 0.3 is 0 Å². The summed E-state index contributed by atoms with van der Waals surface area (Å²) in [6.07, 6.45) is 0.